The predicted octanol–water partition coefficient (Wildman–Crippen LogP) is 8.84. The van der Waals surface area contributed by atoms with Gasteiger partial charge in [-0.3, -0.25) is 4.98 Å². The van der Waals surface area contributed by atoms with Gasteiger partial charge in [-0.05, 0) is 61.4 Å². The SMILES string of the molecule is CCCCCCCCCOc1ccc(-c2cnc(C(=O)Oc3ccc(OCCCCCCC)cc3)cn2)cc1. The summed E-state index contributed by atoms with van der Waals surface area (Å²) in [6.07, 6.45) is 17.9. The summed E-state index contributed by atoms with van der Waals surface area (Å²) in [5.41, 5.74) is 1.74. The molecule has 3 aromatic rings. The Hall–Kier alpha value is -3.41. The third kappa shape index (κ3) is 11.5. The maximum absolute atomic E-state index is 12.5. The third-order valence-corrected chi connectivity index (χ3v) is 6.58. The fourth-order valence-corrected chi connectivity index (χ4v) is 4.21. The fraction of sp³-hybridized carbons (Fsp3) is 0.485. The Morgan fingerprint density at radius 1 is 0.590 bits per heavy atom. The van der Waals surface area contributed by atoms with Gasteiger partial charge in [0.15, 0.2) is 5.69 Å². The summed E-state index contributed by atoms with van der Waals surface area (Å²) in [7, 11) is 0. The van der Waals surface area contributed by atoms with Gasteiger partial charge >= 0.3 is 5.97 Å². The van der Waals surface area contributed by atoms with Crippen LogP contribution in [0.5, 0.6) is 17.2 Å². The molecule has 6 nitrogen and oxygen atoms in total. The minimum Gasteiger partial charge on any atom is -0.494 e. The number of unbranched alkanes of at least 4 members (excludes halogenated alkanes) is 10. The van der Waals surface area contributed by atoms with E-state index in [-0.39, 0.29) is 5.69 Å². The summed E-state index contributed by atoms with van der Waals surface area (Å²) < 4.78 is 17.1. The highest BCUT2D eigenvalue weighted by molar-refractivity contribution is 5.88. The molecule has 6 heteroatoms. The molecule has 0 amide bonds. The summed E-state index contributed by atoms with van der Waals surface area (Å²) in [6, 6.07) is 14.9. The lowest BCUT2D eigenvalue weighted by Crippen LogP contribution is -2.11. The molecule has 1 aromatic heterocycles. The number of aromatic nitrogens is 2. The molecule has 3 rings (SSSR count). The Bertz CT molecular complexity index is 1070. The van der Waals surface area contributed by atoms with E-state index < -0.39 is 5.97 Å². The van der Waals surface area contributed by atoms with Crippen molar-refractivity contribution in [1.29, 1.82) is 0 Å². The van der Waals surface area contributed by atoms with Crippen LogP contribution in [0.25, 0.3) is 11.3 Å². The molecule has 0 aliphatic rings. The monoisotopic (exact) mass is 532 g/mol. The lowest BCUT2D eigenvalue weighted by molar-refractivity contribution is 0.0728. The Morgan fingerprint density at radius 3 is 1.59 bits per heavy atom. The average Bonchev–Trinajstić information content (AvgIpc) is 2.97. The highest BCUT2D eigenvalue weighted by Crippen LogP contribution is 2.22. The van der Waals surface area contributed by atoms with Crippen LogP contribution in [0, 0.1) is 0 Å². The van der Waals surface area contributed by atoms with E-state index in [4.69, 9.17) is 14.2 Å². The van der Waals surface area contributed by atoms with Gasteiger partial charge in [-0.15, -0.1) is 0 Å². The van der Waals surface area contributed by atoms with Crippen LogP contribution >= 0.6 is 0 Å². The van der Waals surface area contributed by atoms with Crippen molar-refractivity contribution < 1.29 is 19.0 Å². The van der Waals surface area contributed by atoms with Crippen molar-refractivity contribution in [3.63, 3.8) is 0 Å². The molecule has 0 radical (unpaired) electrons. The topological polar surface area (TPSA) is 70.5 Å². The normalized spacial score (nSPS) is 10.8. The standard InChI is InChI=1S/C33H44N2O4/c1-3-5-7-9-10-12-14-24-37-28-17-15-27(16-18-28)31-25-35-32(26-34-31)33(36)39-30-21-19-29(20-22-30)38-23-13-11-8-6-4-2/h15-22,25-26H,3-14,23-24H2,1-2H3. The van der Waals surface area contributed by atoms with Crippen molar-refractivity contribution in [2.24, 2.45) is 0 Å². The molecule has 39 heavy (non-hydrogen) atoms. The first-order valence-corrected chi connectivity index (χ1v) is 14.7. The van der Waals surface area contributed by atoms with Crippen LogP contribution < -0.4 is 14.2 Å². The lowest BCUT2D eigenvalue weighted by atomic mass is 10.1. The van der Waals surface area contributed by atoms with Crippen LogP contribution in [-0.2, 0) is 0 Å². The average molecular weight is 533 g/mol. The number of carbonyl (C=O) groups is 1. The minimum absolute atomic E-state index is 0.154. The number of nitrogens with zero attached hydrogens (tertiary/aromatic N) is 2. The van der Waals surface area contributed by atoms with Crippen LogP contribution in [0.15, 0.2) is 60.9 Å². The molecule has 0 N–H and O–H groups in total. The van der Waals surface area contributed by atoms with E-state index in [1.807, 2.05) is 36.4 Å². The molecule has 0 saturated carbocycles. The smallest absolute Gasteiger partial charge is 0.363 e. The van der Waals surface area contributed by atoms with Crippen LogP contribution in [0.4, 0.5) is 0 Å². The number of rotatable bonds is 19. The van der Waals surface area contributed by atoms with Crippen LogP contribution in [0.2, 0.25) is 0 Å². The van der Waals surface area contributed by atoms with Gasteiger partial charge in [-0.25, -0.2) is 9.78 Å². The predicted molar refractivity (Wildman–Crippen MR) is 157 cm³/mol. The Balaban J connectivity index is 1.39. The van der Waals surface area contributed by atoms with E-state index >= 15 is 0 Å². The summed E-state index contributed by atoms with van der Waals surface area (Å²) in [5.74, 6) is 1.51. The van der Waals surface area contributed by atoms with Gasteiger partial charge in [-0.2, -0.15) is 0 Å². The molecule has 0 saturated heterocycles. The molecule has 210 valence electrons. The number of esters is 1. The number of ether oxygens (including phenoxy) is 3. The molecule has 1 heterocycles. The van der Waals surface area contributed by atoms with E-state index in [9.17, 15) is 4.79 Å². The molecule has 0 atom stereocenters. The second-order valence-corrected chi connectivity index (χ2v) is 9.90. The number of hydrogen-bond acceptors (Lipinski definition) is 6. The van der Waals surface area contributed by atoms with Gasteiger partial charge in [0.2, 0.25) is 0 Å². The second kappa shape index (κ2) is 18.0. The van der Waals surface area contributed by atoms with E-state index in [1.54, 1.807) is 18.3 Å². The Kier molecular flexibility index (Phi) is 13.9. The van der Waals surface area contributed by atoms with Gasteiger partial charge in [0.25, 0.3) is 0 Å². The lowest BCUT2D eigenvalue weighted by Gasteiger charge is -2.08. The number of benzene rings is 2. The summed E-state index contributed by atoms with van der Waals surface area (Å²) in [6.45, 7) is 5.88. The molecule has 0 bridgehead atoms. The van der Waals surface area contributed by atoms with Crippen LogP contribution in [-0.4, -0.2) is 29.2 Å². The first-order chi connectivity index (χ1) is 19.2. The van der Waals surface area contributed by atoms with Crippen molar-refractivity contribution >= 4 is 5.97 Å². The van der Waals surface area contributed by atoms with Gasteiger partial charge in [0, 0.05) is 5.56 Å². The highest BCUT2D eigenvalue weighted by Gasteiger charge is 2.12. The van der Waals surface area contributed by atoms with Gasteiger partial charge in [0.05, 0.1) is 31.3 Å². The van der Waals surface area contributed by atoms with Gasteiger partial charge < -0.3 is 14.2 Å². The van der Waals surface area contributed by atoms with E-state index in [0.717, 1.165) is 36.5 Å². The molecule has 0 aliphatic heterocycles. The van der Waals surface area contributed by atoms with Gasteiger partial charge in [0.1, 0.15) is 17.2 Å². The maximum Gasteiger partial charge on any atom is 0.363 e. The third-order valence-electron chi connectivity index (χ3n) is 6.58. The van der Waals surface area contributed by atoms with E-state index in [1.165, 1.54) is 70.4 Å². The minimum atomic E-state index is -0.548. The molecule has 0 spiro atoms. The summed E-state index contributed by atoms with van der Waals surface area (Å²) >= 11 is 0. The van der Waals surface area contributed by atoms with Gasteiger partial charge in [-0.1, -0.05) is 78.1 Å². The Morgan fingerprint density at radius 2 is 1.08 bits per heavy atom. The van der Waals surface area contributed by atoms with Crippen molar-refractivity contribution in [2.75, 3.05) is 13.2 Å². The second-order valence-electron chi connectivity index (χ2n) is 9.90. The molecule has 0 fully saturated rings. The summed E-state index contributed by atoms with van der Waals surface area (Å²) in [5, 5.41) is 0. The number of hydrogen-bond donors (Lipinski definition) is 0. The first kappa shape index (κ1) is 30.1. The van der Waals surface area contributed by atoms with Crippen molar-refractivity contribution in [3.05, 3.63) is 66.6 Å². The zero-order valence-corrected chi connectivity index (χ0v) is 23.7. The zero-order valence-electron chi connectivity index (χ0n) is 23.7. The number of carbonyl (C=O) groups excluding carboxylic acids is 1. The van der Waals surface area contributed by atoms with E-state index in [0.29, 0.717) is 18.1 Å². The molecular formula is C33H44N2O4. The fourth-order valence-electron chi connectivity index (χ4n) is 4.21. The van der Waals surface area contributed by atoms with Crippen LogP contribution in [0.1, 0.15) is 101 Å². The largest absolute Gasteiger partial charge is 0.494 e. The van der Waals surface area contributed by atoms with Crippen molar-refractivity contribution in [2.45, 2.75) is 90.9 Å². The molecule has 2 aromatic carbocycles. The quantitative estimate of drug-likeness (QED) is 0.0872. The molecule has 0 unspecified atom stereocenters. The van der Waals surface area contributed by atoms with Crippen molar-refractivity contribution in [3.8, 4) is 28.5 Å². The van der Waals surface area contributed by atoms with Crippen LogP contribution in [0.3, 0.4) is 0 Å². The summed E-state index contributed by atoms with van der Waals surface area (Å²) in [4.78, 5) is 21.2. The molecule has 0 aliphatic carbocycles. The molecular weight excluding hydrogens is 488 g/mol. The zero-order chi connectivity index (χ0) is 27.5. The van der Waals surface area contributed by atoms with E-state index in [2.05, 4.69) is 23.8 Å². The highest BCUT2D eigenvalue weighted by atomic mass is 16.5. The maximum atomic E-state index is 12.5. The first-order valence-electron chi connectivity index (χ1n) is 14.7. The van der Waals surface area contributed by atoms with Crippen molar-refractivity contribution in [1.82, 2.24) is 9.97 Å². The Labute approximate surface area is 234 Å².